The Hall–Kier alpha value is -1.39. The maximum Gasteiger partial charge on any atom is 0.255 e. The van der Waals surface area contributed by atoms with Crippen molar-refractivity contribution in [2.24, 2.45) is 0 Å². The van der Waals surface area contributed by atoms with Crippen molar-refractivity contribution in [2.75, 3.05) is 6.61 Å². The van der Waals surface area contributed by atoms with Gasteiger partial charge in [0.25, 0.3) is 5.89 Å². The SMILES string of the molecule is Clc1ccccc1Cc1noc(C2CCCO2)n1. The average Bonchev–Trinajstić information content (AvgIpc) is 3.02. The smallest absolute Gasteiger partial charge is 0.255 e. The van der Waals surface area contributed by atoms with E-state index < -0.39 is 0 Å². The maximum atomic E-state index is 6.10. The van der Waals surface area contributed by atoms with Crippen LogP contribution in [0, 0.1) is 0 Å². The molecule has 1 atom stereocenters. The summed E-state index contributed by atoms with van der Waals surface area (Å²) >= 11 is 6.10. The van der Waals surface area contributed by atoms with E-state index in [4.69, 9.17) is 20.9 Å². The van der Waals surface area contributed by atoms with Crippen LogP contribution in [-0.4, -0.2) is 16.7 Å². The molecule has 0 bridgehead atoms. The van der Waals surface area contributed by atoms with Crippen LogP contribution < -0.4 is 0 Å². The van der Waals surface area contributed by atoms with E-state index in [-0.39, 0.29) is 6.10 Å². The van der Waals surface area contributed by atoms with Gasteiger partial charge in [-0.2, -0.15) is 4.98 Å². The van der Waals surface area contributed by atoms with Crippen molar-refractivity contribution in [1.82, 2.24) is 10.1 Å². The molecule has 18 heavy (non-hydrogen) atoms. The number of halogens is 1. The molecule has 2 heterocycles. The van der Waals surface area contributed by atoms with Crippen LogP contribution in [0.5, 0.6) is 0 Å². The third kappa shape index (κ3) is 2.40. The van der Waals surface area contributed by atoms with E-state index >= 15 is 0 Å². The van der Waals surface area contributed by atoms with E-state index in [0.717, 1.165) is 30.0 Å². The average molecular weight is 265 g/mol. The van der Waals surface area contributed by atoms with Gasteiger partial charge in [-0.25, -0.2) is 0 Å². The molecule has 2 aromatic rings. The summed E-state index contributed by atoms with van der Waals surface area (Å²) in [7, 11) is 0. The van der Waals surface area contributed by atoms with E-state index in [9.17, 15) is 0 Å². The first-order chi connectivity index (χ1) is 8.83. The fraction of sp³-hybridized carbons (Fsp3) is 0.385. The van der Waals surface area contributed by atoms with Gasteiger partial charge in [-0.05, 0) is 24.5 Å². The highest BCUT2D eigenvalue weighted by Gasteiger charge is 2.23. The zero-order valence-electron chi connectivity index (χ0n) is 9.80. The number of benzene rings is 1. The minimum Gasteiger partial charge on any atom is -0.368 e. The lowest BCUT2D eigenvalue weighted by atomic mass is 10.1. The van der Waals surface area contributed by atoms with Crippen LogP contribution in [0.15, 0.2) is 28.8 Å². The molecule has 1 saturated heterocycles. The molecule has 0 N–H and O–H groups in total. The summed E-state index contributed by atoms with van der Waals surface area (Å²) in [5.74, 6) is 1.23. The summed E-state index contributed by atoms with van der Waals surface area (Å²) in [5.41, 5.74) is 0.999. The molecule has 4 nitrogen and oxygen atoms in total. The molecule has 1 aromatic carbocycles. The summed E-state index contributed by atoms with van der Waals surface area (Å²) in [4.78, 5) is 4.37. The molecule has 94 valence electrons. The summed E-state index contributed by atoms with van der Waals surface area (Å²) in [6.07, 6.45) is 2.55. The maximum absolute atomic E-state index is 6.10. The normalized spacial score (nSPS) is 19.3. The van der Waals surface area contributed by atoms with Gasteiger partial charge in [0, 0.05) is 18.1 Å². The van der Waals surface area contributed by atoms with Crippen LogP contribution in [0.4, 0.5) is 0 Å². The molecular weight excluding hydrogens is 252 g/mol. The molecular formula is C13H13ClN2O2. The largest absolute Gasteiger partial charge is 0.368 e. The second-order valence-electron chi connectivity index (χ2n) is 4.32. The Morgan fingerprint density at radius 2 is 2.22 bits per heavy atom. The minimum absolute atomic E-state index is 0.0301. The van der Waals surface area contributed by atoms with E-state index in [1.54, 1.807) is 0 Å². The Labute approximate surface area is 110 Å². The molecule has 0 radical (unpaired) electrons. The summed E-state index contributed by atoms with van der Waals surface area (Å²) in [6, 6.07) is 7.67. The van der Waals surface area contributed by atoms with Crippen molar-refractivity contribution in [3.63, 3.8) is 0 Å². The van der Waals surface area contributed by atoms with Crippen molar-refractivity contribution >= 4 is 11.6 Å². The lowest BCUT2D eigenvalue weighted by molar-refractivity contribution is 0.0835. The van der Waals surface area contributed by atoms with Gasteiger partial charge in [0.15, 0.2) is 5.82 Å². The van der Waals surface area contributed by atoms with Gasteiger partial charge in [-0.1, -0.05) is 35.0 Å². The first kappa shape index (κ1) is 11.7. The fourth-order valence-corrected chi connectivity index (χ4v) is 2.26. The molecule has 1 fully saturated rings. The highest BCUT2D eigenvalue weighted by atomic mass is 35.5. The van der Waals surface area contributed by atoms with E-state index in [0.29, 0.717) is 18.1 Å². The van der Waals surface area contributed by atoms with Crippen molar-refractivity contribution < 1.29 is 9.26 Å². The number of ether oxygens (including phenoxy) is 1. The molecule has 1 aliphatic heterocycles. The third-order valence-corrected chi connectivity index (χ3v) is 3.36. The number of nitrogens with zero attached hydrogens (tertiary/aromatic N) is 2. The second-order valence-corrected chi connectivity index (χ2v) is 4.73. The Balaban J connectivity index is 1.75. The van der Waals surface area contributed by atoms with Gasteiger partial charge < -0.3 is 9.26 Å². The zero-order valence-corrected chi connectivity index (χ0v) is 10.6. The quantitative estimate of drug-likeness (QED) is 0.854. The highest BCUT2D eigenvalue weighted by Crippen LogP contribution is 2.27. The van der Waals surface area contributed by atoms with Crippen molar-refractivity contribution in [1.29, 1.82) is 0 Å². The molecule has 0 spiro atoms. The topological polar surface area (TPSA) is 48.2 Å². The van der Waals surface area contributed by atoms with E-state index in [2.05, 4.69) is 10.1 Å². The predicted molar refractivity (Wildman–Crippen MR) is 66.5 cm³/mol. The van der Waals surface area contributed by atoms with Crippen LogP contribution in [0.2, 0.25) is 5.02 Å². The number of hydrogen-bond donors (Lipinski definition) is 0. The monoisotopic (exact) mass is 264 g/mol. The van der Waals surface area contributed by atoms with Gasteiger partial charge in [0.2, 0.25) is 0 Å². The standard InChI is InChI=1S/C13H13ClN2O2/c14-10-5-2-1-4-9(10)8-12-15-13(18-16-12)11-6-3-7-17-11/h1-2,4-5,11H,3,6-8H2. The Morgan fingerprint density at radius 3 is 3.00 bits per heavy atom. The summed E-state index contributed by atoms with van der Waals surface area (Å²) in [5, 5.41) is 4.70. The predicted octanol–water partition coefficient (Wildman–Crippen LogP) is 3.17. The number of hydrogen-bond acceptors (Lipinski definition) is 4. The van der Waals surface area contributed by atoms with Gasteiger partial charge in [0.1, 0.15) is 6.10 Å². The third-order valence-electron chi connectivity index (χ3n) is 3.00. The van der Waals surface area contributed by atoms with E-state index in [1.807, 2.05) is 24.3 Å². The zero-order chi connectivity index (χ0) is 12.4. The Kier molecular flexibility index (Phi) is 3.30. The molecule has 0 aliphatic carbocycles. The van der Waals surface area contributed by atoms with Gasteiger partial charge in [0.05, 0.1) is 0 Å². The van der Waals surface area contributed by atoms with Crippen LogP contribution in [0.3, 0.4) is 0 Å². The molecule has 0 saturated carbocycles. The lowest BCUT2D eigenvalue weighted by Crippen LogP contribution is -1.97. The van der Waals surface area contributed by atoms with Gasteiger partial charge in [-0.15, -0.1) is 0 Å². The summed E-state index contributed by atoms with van der Waals surface area (Å²) in [6.45, 7) is 0.771. The van der Waals surface area contributed by atoms with E-state index in [1.165, 1.54) is 0 Å². The van der Waals surface area contributed by atoms with Gasteiger partial charge in [-0.3, -0.25) is 0 Å². The van der Waals surface area contributed by atoms with Gasteiger partial charge >= 0.3 is 0 Å². The molecule has 5 heteroatoms. The Morgan fingerprint density at radius 1 is 1.33 bits per heavy atom. The number of rotatable bonds is 3. The number of aromatic nitrogens is 2. The molecule has 1 unspecified atom stereocenters. The molecule has 3 rings (SSSR count). The molecule has 0 amide bonds. The van der Waals surface area contributed by atoms with Crippen LogP contribution in [0.25, 0.3) is 0 Å². The van der Waals surface area contributed by atoms with Crippen LogP contribution >= 0.6 is 11.6 Å². The van der Waals surface area contributed by atoms with Crippen LogP contribution in [-0.2, 0) is 11.2 Å². The summed E-state index contributed by atoms with van der Waals surface area (Å²) < 4.78 is 10.7. The minimum atomic E-state index is -0.0301. The van der Waals surface area contributed by atoms with Crippen molar-refractivity contribution in [3.8, 4) is 0 Å². The second kappa shape index (κ2) is 5.08. The highest BCUT2D eigenvalue weighted by molar-refractivity contribution is 6.31. The van der Waals surface area contributed by atoms with Crippen molar-refractivity contribution in [3.05, 3.63) is 46.6 Å². The first-order valence-corrected chi connectivity index (χ1v) is 6.38. The first-order valence-electron chi connectivity index (χ1n) is 6.00. The lowest BCUT2D eigenvalue weighted by Gasteiger charge is -2.01. The fourth-order valence-electron chi connectivity index (χ4n) is 2.05. The molecule has 1 aliphatic rings. The Bertz CT molecular complexity index is 535. The van der Waals surface area contributed by atoms with Crippen LogP contribution in [0.1, 0.15) is 36.2 Å². The molecule has 1 aromatic heterocycles. The van der Waals surface area contributed by atoms with Crippen molar-refractivity contribution in [2.45, 2.75) is 25.4 Å².